The summed E-state index contributed by atoms with van der Waals surface area (Å²) in [6.07, 6.45) is 4.36. The van der Waals surface area contributed by atoms with Gasteiger partial charge in [0.2, 0.25) is 5.91 Å². The Balaban J connectivity index is 0.00000150. The van der Waals surface area contributed by atoms with Crippen molar-refractivity contribution in [3.05, 3.63) is 54.1 Å². The third-order valence-corrected chi connectivity index (χ3v) is 5.49. The smallest absolute Gasteiger partial charge is 0.274 e. The van der Waals surface area contributed by atoms with E-state index in [2.05, 4.69) is 20.9 Å². The number of pyridine rings is 1. The zero-order valence-corrected chi connectivity index (χ0v) is 17.2. The van der Waals surface area contributed by atoms with Crippen LogP contribution in [0.2, 0.25) is 0 Å². The number of halogens is 3. The fourth-order valence-corrected chi connectivity index (χ4v) is 3.83. The fraction of sp³-hybridized carbons (Fsp3) is 0.350. The molecule has 4 rings (SSSR count). The molecule has 9 heteroatoms. The molecular formula is C20H23Cl2FN4O2. The number of benzene rings is 1. The van der Waals surface area contributed by atoms with E-state index < -0.39 is 11.7 Å². The summed E-state index contributed by atoms with van der Waals surface area (Å²) in [5, 5.41) is 8.81. The highest BCUT2D eigenvalue weighted by atomic mass is 35.5. The number of nitrogens with one attached hydrogen (secondary N) is 3. The largest absolute Gasteiger partial charge is 0.324 e. The van der Waals surface area contributed by atoms with E-state index in [0.717, 1.165) is 32.4 Å². The molecule has 1 unspecified atom stereocenters. The molecule has 1 atom stereocenters. The third kappa shape index (κ3) is 5.04. The van der Waals surface area contributed by atoms with Crippen molar-refractivity contribution >= 4 is 48.0 Å². The topological polar surface area (TPSA) is 83.1 Å². The Bertz CT molecular complexity index is 876. The van der Waals surface area contributed by atoms with Gasteiger partial charge in [-0.2, -0.15) is 0 Å². The molecule has 2 fully saturated rings. The number of rotatable bonds is 4. The van der Waals surface area contributed by atoms with Gasteiger partial charge in [0.05, 0.1) is 11.4 Å². The van der Waals surface area contributed by atoms with Gasteiger partial charge < -0.3 is 16.0 Å². The lowest BCUT2D eigenvalue weighted by Crippen LogP contribution is -2.31. The first-order valence-electron chi connectivity index (χ1n) is 9.11. The molecule has 6 nitrogen and oxygen atoms in total. The van der Waals surface area contributed by atoms with Crippen LogP contribution in [0.5, 0.6) is 0 Å². The number of nitrogens with zero attached hydrogens (tertiary/aromatic N) is 1. The van der Waals surface area contributed by atoms with Crippen LogP contribution in [-0.4, -0.2) is 29.9 Å². The Labute approximate surface area is 180 Å². The van der Waals surface area contributed by atoms with Crippen LogP contribution in [0.4, 0.5) is 15.8 Å². The van der Waals surface area contributed by atoms with E-state index >= 15 is 0 Å². The Hall–Kier alpha value is -2.22. The monoisotopic (exact) mass is 440 g/mol. The molecule has 0 bridgehead atoms. The molecule has 1 aliphatic carbocycles. The molecule has 0 radical (unpaired) electrons. The minimum Gasteiger partial charge on any atom is -0.324 e. The Morgan fingerprint density at radius 1 is 1.07 bits per heavy atom. The predicted molar refractivity (Wildman–Crippen MR) is 114 cm³/mol. The molecule has 1 saturated carbocycles. The van der Waals surface area contributed by atoms with E-state index in [-0.39, 0.29) is 53.4 Å². The van der Waals surface area contributed by atoms with E-state index in [1.807, 2.05) is 0 Å². The first-order valence-corrected chi connectivity index (χ1v) is 9.11. The van der Waals surface area contributed by atoms with E-state index in [9.17, 15) is 14.0 Å². The van der Waals surface area contributed by atoms with E-state index in [4.69, 9.17) is 0 Å². The van der Waals surface area contributed by atoms with Crippen molar-refractivity contribution < 1.29 is 14.0 Å². The van der Waals surface area contributed by atoms with Crippen LogP contribution in [0.3, 0.4) is 0 Å². The zero-order valence-electron chi connectivity index (χ0n) is 15.6. The first-order chi connectivity index (χ1) is 13.1. The summed E-state index contributed by atoms with van der Waals surface area (Å²) in [5.41, 5.74) is 0.940. The van der Waals surface area contributed by atoms with Crippen molar-refractivity contribution in [2.45, 2.75) is 19.3 Å². The van der Waals surface area contributed by atoms with E-state index in [1.165, 1.54) is 24.4 Å². The highest BCUT2D eigenvalue weighted by molar-refractivity contribution is 6.06. The van der Waals surface area contributed by atoms with Gasteiger partial charge in [0.15, 0.2) is 0 Å². The average molecular weight is 441 g/mol. The molecule has 1 spiro atoms. The lowest BCUT2D eigenvalue weighted by Gasteiger charge is -2.23. The second-order valence-corrected chi connectivity index (χ2v) is 7.22. The van der Waals surface area contributed by atoms with Gasteiger partial charge >= 0.3 is 0 Å². The Kier molecular flexibility index (Phi) is 7.57. The number of aromatic nitrogens is 1. The summed E-state index contributed by atoms with van der Waals surface area (Å²) in [6, 6.07) is 8.92. The first kappa shape index (κ1) is 23.1. The number of amides is 2. The molecule has 29 heavy (non-hydrogen) atoms. The summed E-state index contributed by atoms with van der Waals surface area (Å²) in [7, 11) is 0. The van der Waals surface area contributed by atoms with Gasteiger partial charge in [-0.1, -0.05) is 6.07 Å². The summed E-state index contributed by atoms with van der Waals surface area (Å²) in [5.74, 6) is -1.06. The van der Waals surface area contributed by atoms with Crippen molar-refractivity contribution in [1.29, 1.82) is 0 Å². The van der Waals surface area contributed by atoms with Gasteiger partial charge in [-0.25, -0.2) is 4.39 Å². The standard InChI is InChI=1S/C20H21FN4O2.2ClH/c21-13-4-5-15(24-19(27)16-3-1-2-8-23-16)17(11-13)25-18(26)14-12-20(14)6-9-22-10-7-20;;/h1-5,8,11,14,22H,6-7,9-10,12H2,(H,24,27)(H,25,26);2*1H. The van der Waals surface area contributed by atoms with Gasteiger partial charge in [-0.3, -0.25) is 14.6 Å². The molecule has 3 N–H and O–H groups in total. The van der Waals surface area contributed by atoms with Gasteiger partial charge in [0.1, 0.15) is 11.5 Å². The second kappa shape index (κ2) is 9.52. The van der Waals surface area contributed by atoms with Crippen molar-refractivity contribution in [2.75, 3.05) is 23.7 Å². The van der Waals surface area contributed by atoms with Crippen molar-refractivity contribution in [2.24, 2.45) is 11.3 Å². The summed E-state index contributed by atoms with van der Waals surface area (Å²) in [6.45, 7) is 1.85. The summed E-state index contributed by atoms with van der Waals surface area (Å²) < 4.78 is 13.7. The molecule has 156 valence electrons. The quantitative estimate of drug-likeness (QED) is 0.677. The number of piperidine rings is 1. The average Bonchev–Trinajstić information content (AvgIpc) is 3.38. The van der Waals surface area contributed by atoms with Crippen LogP contribution in [-0.2, 0) is 4.79 Å². The van der Waals surface area contributed by atoms with Crippen molar-refractivity contribution in [3.63, 3.8) is 0 Å². The Morgan fingerprint density at radius 2 is 1.83 bits per heavy atom. The van der Waals surface area contributed by atoms with Crippen LogP contribution < -0.4 is 16.0 Å². The maximum Gasteiger partial charge on any atom is 0.274 e. The van der Waals surface area contributed by atoms with Crippen LogP contribution >= 0.6 is 24.8 Å². The number of carbonyl (C=O) groups excluding carboxylic acids is 2. The molecule has 2 aliphatic rings. The molecule has 2 amide bonds. The Morgan fingerprint density at radius 3 is 2.52 bits per heavy atom. The van der Waals surface area contributed by atoms with E-state index in [1.54, 1.807) is 18.2 Å². The maximum absolute atomic E-state index is 13.7. The molecule has 1 aromatic carbocycles. The number of hydrogen-bond acceptors (Lipinski definition) is 4. The third-order valence-electron chi connectivity index (χ3n) is 5.49. The van der Waals surface area contributed by atoms with Crippen molar-refractivity contribution in [1.82, 2.24) is 10.3 Å². The molecule has 2 aromatic rings. The summed E-state index contributed by atoms with van der Waals surface area (Å²) >= 11 is 0. The maximum atomic E-state index is 13.7. The number of carbonyl (C=O) groups is 2. The minimum absolute atomic E-state index is 0. The summed E-state index contributed by atoms with van der Waals surface area (Å²) in [4.78, 5) is 29.0. The predicted octanol–water partition coefficient (Wildman–Crippen LogP) is 3.64. The van der Waals surface area contributed by atoms with Gasteiger partial charge in [0, 0.05) is 12.1 Å². The normalized spacial score (nSPS) is 18.7. The molecule has 1 aliphatic heterocycles. The fourth-order valence-electron chi connectivity index (χ4n) is 3.83. The zero-order chi connectivity index (χ0) is 18.9. The second-order valence-electron chi connectivity index (χ2n) is 7.22. The molecule has 2 heterocycles. The van der Waals surface area contributed by atoms with E-state index in [0.29, 0.717) is 5.69 Å². The molecule has 1 aromatic heterocycles. The SMILES string of the molecule is Cl.Cl.O=C(Nc1ccc(F)cc1NC(=O)C1CC12CCNCC2)c1ccccn1. The van der Waals surface area contributed by atoms with Crippen LogP contribution in [0.1, 0.15) is 29.8 Å². The van der Waals surface area contributed by atoms with Crippen molar-refractivity contribution in [3.8, 4) is 0 Å². The number of anilines is 2. The van der Waals surface area contributed by atoms with Gasteiger partial charge in [-0.15, -0.1) is 24.8 Å². The minimum atomic E-state index is -0.478. The van der Waals surface area contributed by atoms with Gasteiger partial charge in [0.25, 0.3) is 5.91 Å². The highest BCUT2D eigenvalue weighted by Gasteiger charge is 2.57. The van der Waals surface area contributed by atoms with Crippen LogP contribution in [0.15, 0.2) is 42.6 Å². The lowest BCUT2D eigenvalue weighted by atomic mass is 9.92. The number of hydrogen-bond donors (Lipinski definition) is 3. The highest BCUT2D eigenvalue weighted by Crippen LogP contribution is 2.58. The molecule has 1 saturated heterocycles. The van der Waals surface area contributed by atoms with Gasteiger partial charge in [-0.05, 0) is 68.1 Å². The van der Waals surface area contributed by atoms with Crippen LogP contribution in [0.25, 0.3) is 0 Å². The molecular weight excluding hydrogens is 418 g/mol. The van der Waals surface area contributed by atoms with Crippen LogP contribution in [0, 0.1) is 17.2 Å². The lowest BCUT2D eigenvalue weighted by molar-refractivity contribution is -0.118.